The Morgan fingerprint density at radius 3 is 2.63 bits per heavy atom. The minimum atomic E-state index is -1.21. The molecule has 2 heterocycles. The molecular formula is C21H18F3NO2. The zero-order valence-electron chi connectivity index (χ0n) is 14.5. The number of ether oxygens (including phenoxy) is 1. The molecule has 3 nitrogen and oxygen atoms in total. The highest BCUT2D eigenvalue weighted by atomic mass is 19.2. The number of amides is 1. The Bertz CT molecular complexity index is 898. The summed E-state index contributed by atoms with van der Waals surface area (Å²) in [5.74, 6) is -3.08. The zero-order chi connectivity index (χ0) is 19.0. The number of fused-ring (bicyclic) bond motifs is 2. The third kappa shape index (κ3) is 3.44. The first-order valence-electron chi connectivity index (χ1n) is 8.87. The Morgan fingerprint density at radius 2 is 1.89 bits per heavy atom. The molecule has 2 aliphatic heterocycles. The van der Waals surface area contributed by atoms with E-state index in [1.165, 1.54) is 0 Å². The molecule has 4 rings (SSSR count). The largest absolute Gasteiger partial charge is 0.445 e. The first-order chi connectivity index (χ1) is 13.0. The third-order valence-corrected chi connectivity index (χ3v) is 5.15. The first kappa shape index (κ1) is 17.6. The number of rotatable bonds is 3. The molecule has 140 valence electrons. The van der Waals surface area contributed by atoms with Crippen LogP contribution in [0.3, 0.4) is 0 Å². The Morgan fingerprint density at radius 1 is 1.11 bits per heavy atom. The zero-order valence-corrected chi connectivity index (χ0v) is 14.5. The molecule has 2 aromatic rings. The minimum absolute atomic E-state index is 0.0679. The molecule has 0 saturated carbocycles. The smallest absolute Gasteiger partial charge is 0.410 e. The summed E-state index contributed by atoms with van der Waals surface area (Å²) in [6.45, 7) is 0.177. The number of benzene rings is 2. The fourth-order valence-corrected chi connectivity index (χ4v) is 3.90. The van der Waals surface area contributed by atoms with E-state index in [2.05, 4.69) is 0 Å². The second-order valence-electron chi connectivity index (χ2n) is 6.89. The number of nitrogens with zero attached hydrogens (tertiary/aromatic N) is 1. The van der Waals surface area contributed by atoms with Crippen molar-refractivity contribution >= 4 is 11.7 Å². The molecule has 2 bridgehead atoms. The van der Waals surface area contributed by atoms with E-state index in [4.69, 9.17) is 4.74 Å². The van der Waals surface area contributed by atoms with Crippen molar-refractivity contribution in [3.8, 4) is 0 Å². The maximum atomic E-state index is 14.1. The molecule has 0 N–H and O–H groups in total. The molecule has 27 heavy (non-hydrogen) atoms. The van der Waals surface area contributed by atoms with E-state index in [1.54, 1.807) is 11.0 Å². The molecule has 0 spiro atoms. The van der Waals surface area contributed by atoms with Crippen LogP contribution in [0.2, 0.25) is 0 Å². The number of carbonyl (C=O) groups excluding carboxylic acids is 1. The van der Waals surface area contributed by atoms with Crippen LogP contribution in [0.25, 0.3) is 5.57 Å². The molecule has 0 radical (unpaired) electrons. The van der Waals surface area contributed by atoms with Gasteiger partial charge in [0.2, 0.25) is 0 Å². The van der Waals surface area contributed by atoms with E-state index < -0.39 is 23.5 Å². The van der Waals surface area contributed by atoms with Crippen LogP contribution in [0, 0.1) is 17.5 Å². The van der Waals surface area contributed by atoms with Crippen LogP contribution in [0.15, 0.2) is 48.5 Å². The average molecular weight is 373 g/mol. The van der Waals surface area contributed by atoms with Gasteiger partial charge in [0.25, 0.3) is 0 Å². The van der Waals surface area contributed by atoms with Gasteiger partial charge in [-0.1, -0.05) is 36.4 Å². The van der Waals surface area contributed by atoms with E-state index in [-0.39, 0.29) is 24.3 Å². The SMILES string of the molecule is O=C(OCc1ccccc1)N1C2C=C(c3cc(F)cc(F)c3F)CC1CC2. The highest BCUT2D eigenvalue weighted by Gasteiger charge is 2.41. The van der Waals surface area contributed by atoms with Gasteiger partial charge in [-0.05, 0) is 36.5 Å². The van der Waals surface area contributed by atoms with Crippen LogP contribution in [-0.2, 0) is 11.3 Å². The summed E-state index contributed by atoms with van der Waals surface area (Å²) in [7, 11) is 0. The van der Waals surface area contributed by atoms with E-state index in [0.717, 1.165) is 18.1 Å². The number of carbonyl (C=O) groups is 1. The normalized spacial score (nSPS) is 21.1. The van der Waals surface area contributed by atoms with Gasteiger partial charge in [-0.15, -0.1) is 0 Å². The van der Waals surface area contributed by atoms with Gasteiger partial charge >= 0.3 is 6.09 Å². The van der Waals surface area contributed by atoms with Crippen molar-refractivity contribution in [3.05, 3.63) is 77.1 Å². The van der Waals surface area contributed by atoms with Gasteiger partial charge in [0, 0.05) is 17.7 Å². The van der Waals surface area contributed by atoms with Crippen LogP contribution in [0.4, 0.5) is 18.0 Å². The van der Waals surface area contributed by atoms with E-state index in [1.807, 2.05) is 30.3 Å². The Balaban J connectivity index is 1.52. The number of hydrogen-bond donors (Lipinski definition) is 0. The van der Waals surface area contributed by atoms with Gasteiger partial charge in [0.15, 0.2) is 11.6 Å². The molecule has 2 atom stereocenters. The lowest BCUT2D eigenvalue weighted by Crippen LogP contribution is -2.43. The standard InChI is InChI=1S/C21H18F3NO2/c22-15-10-18(20(24)19(23)11-15)14-8-16-6-7-17(9-14)25(16)21(26)27-12-13-4-2-1-3-5-13/h1-5,8,10-11,16-17H,6-7,9,12H2. The highest BCUT2D eigenvalue weighted by molar-refractivity contribution is 5.75. The van der Waals surface area contributed by atoms with Crippen LogP contribution in [0.1, 0.15) is 30.4 Å². The quantitative estimate of drug-likeness (QED) is 0.704. The summed E-state index contributed by atoms with van der Waals surface area (Å²) in [4.78, 5) is 14.2. The van der Waals surface area contributed by atoms with Crippen molar-refractivity contribution in [2.45, 2.75) is 38.0 Å². The number of hydrogen-bond acceptors (Lipinski definition) is 2. The first-order valence-corrected chi connectivity index (χ1v) is 8.87. The predicted molar refractivity (Wildman–Crippen MR) is 94.2 cm³/mol. The predicted octanol–water partition coefficient (Wildman–Crippen LogP) is 5.06. The Hall–Kier alpha value is -2.76. The summed E-state index contributed by atoms with van der Waals surface area (Å²) in [6.07, 6.45) is 3.10. The summed E-state index contributed by atoms with van der Waals surface area (Å²) < 4.78 is 46.6. The summed E-state index contributed by atoms with van der Waals surface area (Å²) in [5, 5.41) is 0. The van der Waals surface area contributed by atoms with E-state index in [0.29, 0.717) is 24.5 Å². The maximum Gasteiger partial charge on any atom is 0.410 e. The molecular weight excluding hydrogens is 355 g/mol. The second-order valence-corrected chi connectivity index (χ2v) is 6.89. The monoisotopic (exact) mass is 373 g/mol. The maximum absolute atomic E-state index is 14.1. The minimum Gasteiger partial charge on any atom is -0.445 e. The molecule has 1 amide bonds. The molecule has 2 unspecified atom stereocenters. The molecule has 1 saturated heterocycles. The topological polar surface area (TPSA) is 29.5 Å². The van der Waals surface area contributed by atoms with Crippen LogP contribution >= 0.6 is 0 Å². The summed E-state index contributed by atoms with van der Waals surface area (Å²) in [6, 6.07) is 10.5. The van der Waals surface area contributed by atoms with Crippen molar-refractivity contribution in [1.82, 2.24) is 4.90 Å². The highest BCUT2D eigenvalue weighted by Crippen LogP contribution is 2.40. The van der Waals surface area contributed by atoms with Crippen molar-refractivity contribution in [2.75, 3.05) is 0 Å². The molecule has 0 aliphatic carbocycles. The summed E-state index contributed by atoms with van der Waals surface area (Å²) in [5.41, 5.74) is 1.36. The molecule has 2 aliphatic rings. The van der Waals surface area contributed by atoms with Gasteiger partial charge in [0.1, 0.15) is 12.4 Å². The van der Waals surface area contributed by atoms with E-state index in [9.17, 15) is 18.0 Å². The third-order valence-electron chi connectivity index (χ3n) is 5.15. The van der Waals surface area contributed by atoms with Crippen molar-refractivity contribution in [2.24, 2.45) is 0 Å². The van der Waals surface area contributed by atoms with Gasteiger partial charge in [-0.25, -0.2) is 18.0 Å². The molecule has 2 aromatic carbocycles. The van der Waals surface area contributed by atoms with Crippen LogP contribution in [-0.4, -0.2) is 23.1 Å². The van der Waals surface area contributed by atoms with Crippen LogP contribution < -0.4 is 0 Å². The second kappa shape index (κ2) is 7.10. The van der Waals surface area contributed by atoms with Crippen molar-refractivity contribution in [3.63, 3.8) is 0 Å². The Labute approximate surface area is 155 Å². The van der Waals surface area contributed by atoms with Crippen LogP contribution in [0.5, 0.6) is 0 Å². The fourth-order valence-electron chi connectivity index (χ4n) is 3.90. The lowest BCUT2D eigenvalue weighted by Gasteiger charge is -2.33. The van der Waals surface area contributed by atoms with Crippen molar-refractivity contribution in [1.29, 1.82) is 0 Å². The van der Waals surface area contributed by atoms with Crippen molar-refractivity contribution < 1.29 is 22.7 Å². The number of halogens is 3. The molecule has 1 fully saturated rings. The molecule has 6 heteroatoms. The summed E-state index contributed by atoms with van der Waals surface area (Å²) >= 11 is 0. The Kier molecular flexibility index (Phi) is 4.64. The fraction of sp³-hybridized carbons (Fsp3) is 0.286. The lowest BCUT2D eigenvalue weighted by atomic mass is 9.94. The van der Waals surface area contributed by atoms with E-state index >= 15 is 0 Å². The van der Waals surface area contributed by atoms with Gasteiger partial charge in [-0.2, -0.15) is 0 Å². The van der Waals surface area contributed by atoms with Gasteiger partial charge < -0.3 is 4.74 Å². The lowest BCUT2D eigenvalue weighted by molar-refractivity contribution is 0.0832. The average Bonchev–Trinajstić information content (AvgIpc) is 2.93. The van der Waals surface area contributed by atoms with Gasteiger partial charge in [0.05, 0.1) is 6.04 Å². The van der Waals surface area contributed by atoms with Gasteiger partial charge in [-0.3, -0.25) is 4.90 Å². The molecule has 0 aromatic heterocycles.